The molecule has 0 N–H and O–H groups in total. The molecule has 3 aromatic rings. The lowest BCUT2D eigenvalue weighted by atomic mass is 10.1. The number of non-ortho nitro benzene ring substituents is 1. The van der Waals surface area contributed by atoms with Crippen molar-refractivity contribution in [3.05, 3.63) is 73.4 Å². The molecule has 2 heterocycles. The Morgan fingerprint density at radius 2 is 1.77 bits per heavy atom. The van der Waals surface area contributed by atoms with Crippen LogP contribution in [0.2, 0.25) is 0 Å². The molecule has 0 unspecified atom stereocenters. The van der Waals surface area contributed by atoms with E-state index < -0.39 is 16.2 Å². The largest absolute Gasteiger partial charge is 0.495 e. The lowest BCUT2D eigenvalue weighted by Crippen LogP contribution is -2.41. The van der Waals surface area contributed by atoms with Crippen LogP contribution in [-0.4, -0.2) is 45.7 Å². The van der Waals surface area contributed by atoms with E-state index in [1.54, 1.807) is 24.3 Å². The highest BCUT2D eigenvalue weighted by Gasteiger charge is 2.20. The quantitative estimate of drug-likeness (QED) is 0.445. The molecule has 4 rings (SSSR count). The fourth-order valence-corrected chi connectivity index (χ4v) is 4.14. The number of nitro groups is 1. The van der Waals surface area contributed by atoms with Crippen molar-refractivity contribution >= 4 is 16.6 Å². The normalized spacial score (nSPS) is 14.6. The van der Waals surface area contributed by atoms with E-state index in [2.05, 4.69) is 4.90 Å². The lowest BCUT2D eigenvalue weighted by Gasteiger charge is -2.27. The van der Waals surface area contributed by atoms with Gasteiger partial charge in [0.2, 0.25) is 0 Å². The van der Waals surface area contributed by atoms with Gasteiger partial charge >= 0.3 is 5.69 Å². The fourth-order valence-electron chi connectivity index (χ4n) is 4.14. The number of nitrogens with zero attached hydrogens (tertiary/aromatic N) is 4. The number of ether oxygens (including phenoxy) is 1. The number of aromatic nitrogens is 2. The maximum Gasteiger partial charge on any atom is 0.336 e. The molecule has 9 heteroatoms. The van der Waals surface area contributed by atoms with Crippen LogP contribution in [0.5, 0.6) is 5.75 Å². The Balaban J connectivity index is 1.93. The van der Waals surface area contributed by atoms with Crippen LogP contribution in [0.3, 0.4) is 0 Å². The number of hydrogen-bond acceptors (Lipinski definition) is 6. The fraction of sp³-hybridized carbons (Fsp3) is 0.364. The molecule has 0 radical (unpaired) electrons. The number of para-hydroxylation sites is 2. The second-order valence-corrected chi connectivity index (χ2v) is 7.61. The summed E-state index contributed by atoms with van der Waals surface area (Å²) in [5.74, 6) is 0.370. The maximum absolute atomic E-state index is 13.5. The Bertz CT molecular complexity index is 1240. The number of methoxy groups -OCH3 is 1. The average molecular weight is 424 g/mol. The third-order valence-corrected chi connectivity index (χ3v) is 5.75. The van der Waals surface area contributed by atoms with E-state index in [9.17, 15) is 19.7 Å². The minimum atomic E-state index is -0.609. The Hall–Kier alpha value is -3.46. The van der Waals surface area contributed by atoms with E-state index in [1.165, 1.54) is 36.3 Å². The van der Waals surface area contributed by atoms with Gasteiger partial charge in [-0.25, -0.2) is 9.36 Å². The van der Waals surface area contributed by atoms with Gasteiger partial charge in [0.1, 0.15) is 5.75 Å². The van der Waals surface area contributed by atoms with Gasteiger partial charge in [-0.15, -0.1) is 0 Å². The highest BCUT2D eigenvalue weighted by molar-refractivity contribution is 5.81. The zero-order chi connectivity index (χ0) is 22.0. The van der Waals surface area contributed by atoms with E-state index in [0.29, 0.717) is 30.0 Å². The molecule has 0 saturated carbocycles. The molecule has 31 heavy (non-hydrogen) atoms. The Morgan fingerprint density at radius 3 is 2.48 bits per heavy atom. The average Bonchev–Trinajstić information content (AvgIpc) is 2.79. The summed E-state index contributed by atoms with van der Waals surface area (Å²) >= 11 is 0. The van der Waals surface area contributed by atoms with Crippen LogP contribution in [0.1, 0.15) is 19.3 Å². The van der Waals surface area contributed by atoms with Crippen molar-refractivity contribution in [3.8, 4) is 11.4 Å². The van der Waals surface area contributed by atoms with E-state index >= 15 is 0 Å². The lowest BCUT2D eigenvalue weighted by molar-refractivity contribution is -0.384. The van der Waals surface area contributed by atoms with Gasteiger partial charge in [-0.2, -0.15) is 0 Å². The van der Waals surface area contributed by atoms with Crippen molar-refractivity contribution in [3.63, 3.8) is 0 Å². The molecule has 2 aromatic carbocycles. The summed E-state index contributed by atoms with van der Waals surface area (Å²) in [4.78, 5) is 39.8. The van der Waals surface area contributed by atoms with Crippen LogP contribution >= 0.6 is 0 Å². The van der Waals surface area contributed by atoms with Crippen LogP contribution in [0.15, 0.2) is 52.1 Å². The highest BCUT2D eigenvalue weighted by Crippen LogP contribution is 2.22. The molecule has 0 aliphatic carbocycles. The SMILES string of the molecule is COc1ccccc1-n1c(=O)c2cc([N+](=O)[O-])ccc2n(CCN2CCCCC2)c1=O. The number of hydrogen-bond donors (Lipinski definition) is 0. The number of piperidine rings is 1. The molecule has 0 amide bonds. The molecule has 0 spiro atoms. The third-order valence-electron chi connectivity index (χ3n) is 5.75. The van der Waals surface area contributed by atoms with E-state index in [1.807, 2.05) is 0 Å². The number of likely N-dealkylation sites (tertiary alicyclic amines) is 1. The monoisotopic (exact) mass is 424 g/mol. The topological polar surface area (TPSA) is 99.6 Å². The second kappa shape index (κ2) is 8.73. The van der Waals surface area contributed by atoms with Gasteiger partial charge in [0, 0.05) is 25.2 Å². The minimum Gasteiger partial charge on any atom is -0.495 e. The molecular formula is C22H24N4O5. The predicted molar refractivity (Wildman–Crippen MR) is 117 cm³/mol. The van der Waals surface area contributed by atoms with Gasteiger partial charge in [0.05, 0.1) is 28.6 Å². The van der Waals surface area contributed by atoms with Crippen LogP contribution in [0.4, 0.5) is 5.69 Å². The summed E-state index contributed by atoms with van der Waals surface area (Å²) in [6.07, 6.45) is 3.47. The van der Waals surface area contributed by atoms with E-state index in [-0.39, 0.29) is 11.1 Å². The van der Waals surface area contributed by atoms with Crippen LogP contribution in [0, 0.1) is 10.1 Å². The molecule has 1 aliphatic rings. The van der Waals surface area contributed by atoms with Crippen molar-refractivity contribution in [2.24, 2.45) is 0 Å². The van der Waals surface area contributed by atoms with Gasteiger partial charge in [-0.05, 0) is 44.1 Å². The van der Waals surface area contributed by atoms with Gasteiger partial charge in [0.15, 0.2) is 0 Å². The first-order valence-electron chi connectivity index (χ1n) is 10.3. The number of nitro benzene ring substituents is 1. The number of fused-ring (bicyclic) bond motifs is 1. The summed E-state index contributed by atoms with van der Waals surface area (Å²) in [5.41, 5.74) is -0.600. The predicted octanol–water partition coefficient (Wildman–Crippen LogP) is 2.56. The molecule has 1 aliphatic heterocycles. The summed E-state index contributed by atoms with van der Waals surface area (Å²) in [5, 5.41) is 11.4. The van der Waals surface area contributed by atoms with Gasteiger partial charge in [0.25, 0.3) is 11.2 Å². The first kappa shape index (κ1) is 20.8. The van der Waals surface area contributed by atoms with Gasteiger partial charge < -0.3 is 9.64 Å². The Morgan fingerprint density at radius 1 is 1.03 bits per heavy atom. The van der Waals surface area contributed by atoms with Crippen molar-refractivity contribution < 1.29 is 9.66 Å². The van der Waals surface area contributed by atoms with Gasteiger partial charge in [-0.1, -0.05) is 18.6 Å². The molecule has 162 valence electrons. The van der Waals surface area contributed by atoms with Crippen LogP contribution in [-0.2, 0) is 6.54 Å². The zero-order valence-electron chi connectivity index (χ0n) is 17.3. The third kappa shape index (κ3) is 3.96. The summed E-state index contributed by atoms with van der Waals surface area (Å²) in [6.45, 7) is 2.99. The minimum absolute atomic E-state index is 0.123. The Kier molecular flexibility index (Phi) is 5.85. The number of benzene rings is 2. The van der Waals surface area contributed by atoms with Crippen molar-refractivity contribution in [1.29, 1.82) is 0 Å². The standard InChI is InChI=1S/C22H24N4O5/c1-31-20-8-4-3-7-19(20)25-21(27)17-15-16(26(29)30)9-10-18(17)24(22(25)28)14-13-23-11-5-2-6-12-23/h3-4,7-10,15H,2,5-6,11-14H2,1H3. The zero-order valence-corrected chi connectivity index (χ0v) is 17.3. The second-order valence-electron chi connectivity index (χ2n) is 7.61. The first-order chi connectivity index (χ1) is 15.0. The maximum atomic E-state index is 13.5. The van der Waals surface area contributed by atoms with E-state index in [4.69, 9.17) is 4.74 Å². The molecule has 1 fully saturated rings. The van der Waals surface area contributed by atoms with Crippen molar-refractivity contribution in [1.82, 2.24) is 14.0 Å². The molecule has 9 nitrogen and oxygen atoms in total. The first-order valence-corrected chi connectivity index (χ1v) is 10.3. The van der Waals surface area contributed by atoms with Crippen molar-refractivity contribution in [2.45, 2.75) is 25.8 Å². The Labute approximate surface area is 178 Å². The smallest absolute Gasteiger partial charge is 0.336 e. The molecular weight excluding hydrogens is 400 g/mol. The van der Waals surface area contributed by atoms with Gasteiger partial charge in [-0.3, -0.25) is 19.5 Å². The molecule has 1 aromatic heterocycles. The molecule has 1 saturated heterocycles. The summed E-state index contributed by atoms with van der Waals surface area (Å²) < 4.78 is 7.93. The number of rotatable bonds is 6. The van der Waals surface area contributed by atoms with Crippen molar-refractivity contribution in [2.75, 3.05) is 26.7 Å². The summed E-state index contributed by atoms with van der Waals surface area (Å²) in [7, 11) is 1.46. The molecule has 0 atom stereocenters. The van der Waals surface area contributed by atoms with Crippen LogP contribution < -0.4 is 16.0 Å². The van der Waals surface area contributed by atoms with Crippen LogP contribution in [0.25, 0.3) is 16.6 Å². The highest BCUT2D eigenvalue weighted by atomic mass is 16.6. The summed E-state index contributed by atoms with van der Waals surface area (Å²) in [6, 6.07) is 10.8. The van der Waals surface area contributed by atoms with E-state index in [0.717, 1.165) is 30.5 Å². The molecule has 0 bridgehead atoms.